The molecule has 0 fully saturated rings. The number of fused-ring (bicyclic) bond motifs is 5. The normalized spacial score (nSPS) is 16.8. The van der Waals surface area contributed by atoms with E-state index in [1.165, 1.54) is 43.8 Å². The standard InChI is InChI=1S/C48H34N4/c1-3-11-31(12-4-1)46-30-47(32-13-5-2-6-14-32)52-48(51-46)43-26-24-34-20-22-37(29-45(34)50-43)42-25-23-33-19-21-36(28-44(33)49-42)41-27-35-15-7-8-16-38(35)39-17-9-10-18-40(39)41/h1-28,30,43,45,50H,29H2. The Morgan fingerprint density at radius 1 is 0.500 bits per heavy atom. The molecule has 0 bridgehead atoms. The number of hydrogen-bond acceptors (Lipinski definition) is 4. The van der Waals surface area contributed by atoms with Gasteiger partial charge in [-0.15, -0.1) is 0 Å². The average molecular weight is 667 g/mol. The van der Waals surface area contributed by atoms with Crippen LogP contribution in [-0.4, -0.2) is 21.0 Å². The number of allylic oxidation sites excluding steroid dienone is 2. The average Bonchev–Trinajstić information content (AvgIpc) is 3.23. The Labute approximate surface area is 302 Å². The summed E-state index contributed by atoms with van der Waals surface area (Å²) in [6.45, 7) is 0. The highest BCUT2D eigenvalue weighted by Gasteiger charge is 2.28. The molecule has 8 aromatic rings. The van der Waals surface area contributed by atoms with Crippen LogP contribution in [0.25, 0.3) is 71.7 Å². The third kappa shape index (κ3) is 5.51. The largest absolute Gasteiger partial charge is 0.297 e. The molecule has 2 unspecified atom stereocenters. The minimum absolute atomic E-state index is 0.118. The molecule has 4 heteroatoms. The molecule has 0 spiro atoms. The Morgan fingerprint density at radius 3 is 1.94 bits per heavy atom. The first kappa shape index (κ1) is 30.3. The summed E-state index contributed by atoms with van der Waals surface area (Å²) in [5.41, 5.74) is 10.9. The van der Waals surface area contributed by atoms with Crippen LogP contribution in [0.5, 0.6) is 0 Å². The highest BCUT2D eigenvalue weighted by molar-refractivity contribution is 6.14. The van der Waals surface area contributed by atoms with Crippen LogP contribution in [0.4, 0.5) is 0 Å². The van der Waals surface area contributed by atoms with Crippen LogP contribution in [-0.2, 0) is 0 Å². The third-order valence-corrected chi connectivity index (χ3v) is 10.4. The summed E-state index contributed by atoms with van der Waals surface area (Å²) in [6.07, 6.45) is 9.70. The molecule has 246 valence electrons. The maximum absolute atomic E-state index is 5.26. The van der Waals surface area contributed by atoms with Crippen LogP contribution in [0.1, 0.15) is 24.0 Å². The van der Waals surface area contributed by atoms with Crippen LogP contribution in [0.3, 0.4) is 0 Å². The number of nitrogens with zero attached hydrogens (tertiary/aromatic N) is 3. The second-order valence-corrected chi connectivity index (χ2v) is 13.6. The quantitative estimate of drug-likeness (QED) is 0.186. The molecule has 2 aliphatic rings. The Balaban J connectivity index is 0.967. The van der Waals surface area contributed by atoms with Crippen molar-refractivity contribution in [3.05, 3.63) is 193 Å². The van der Waals surface area contributed by atoms with Gasteiger partial charge in [-0.1, -0.05) is 152 Å². The van der Waals surface area contributed by atoms with Crippen molar-refractivity contribution >= 4 is 38.0 Å². The van der Waals surface area contributed by atoms with E-state index in [-0.39, 0.29) is 12.1 Å². The van der Waals surface area contributed by atoms with E-state index in [0.717, 1.165) is 51.4 Å². The Kier molecular flexibility index (Phi) is 7.40. The first-order chi connectivity index (χ1) is 25.7. The van der Waals surface area contributed by atoms with Crippen molar-refractivity contribution in [3.8, 4) is 33.6 Å². The molecule has 0 saturated carbocycles. The number of benzene rings is 6. The topological polar surface area (TPSA) is 50.7 Å². The zero-order valence-electron chi connectivity index (χ0n) is 28.4. The molecule has 1 N–H and O–H groups in total. The van der Waals surface area contributed by atoms with Gasteiger partial charge in [-0.3, -0.25) is 5.32 Å². The second-order valence-electron chi connectivity index (χ2n) is 13.6. The molecule has 4 nitrogen and oxygen atoms in total. The molecule has 6 aromatic carbocycles. The summed E-state index contributed by atoms with van der Waals surface area (Å²) in [5.74, 6) is 0.768. The molecule has 0 radical (unpaired) electrons. The molecule has 2 aromatic heterocycles. The zero-order chi connectivity index (χ0) is 34.4. The molecule has 0 saturated heterocycles. The van der Waals surface area contributed by atoms with Gasteiger partial charge in [0.1, 0.15) is 0 Å². The number of rotatable bonds is 5. The van der Waals surface area contributed by atoms with Crippen molar-refractivity contribution in [2.24, 2.45) is 0 Å². The smallest absolute Gasteiger partial charge is 0.150 e. The van der Waals surface area contributed by atoms with Crippen molar-refractivity contribution in [2.75, 3.05) is 0 Å². The SMILES string of the molecule is C1=CC(c2nc(-c3ccccc3)cc(-c3ccccc3)n2)NC2CC(c3ccc4ccc(-c5cc6ccccc6c6ccccc56)cc4n3)=CC=C12. The van der Waals surface area contributed by atoms with Crippen LogP contribution < -0.4 is 5.32 Å². The van der Waals surface area contributed by atoms with E-state index in [4.69, 9.17) is 15.0 Å². The first-order valence-electron chi connectivity index (χ1n) is 17.9. The molecule has 0 amide bonds. The predicted octanol–water partition coefficient (Wildman–Crippen LogP) is 11.3. The maximum Gasteiger partial charge on any atom is 0.150 e. The van der Waals surface area contributed by atoms with E-state index in [2.05, 4.69) is 169 Å². The lowest BCUT2D eigenvalue weighted by Crippen LogP contribution is -2.38. The van der Waals surface area contributed by atoms with Crippen molar-refractivity contribution in [2.45, 2.75) is 18.5 Å². The Hall–Kier alpha value is -6.49. The lowest BCUT2D eigenvalue weighted by Gasteiger charge is -2.31. The second kappa shape index (κ2) is 12.7. The van der Waals surface area contributed by atoms with Gasteiger partial charge >= 0.3 is 0 Å². The first-order valence-corrected chi connectivity index (χ1v) is 17.9. The van der Waals surface area contributed by atoms with E-state index < -0.39 is 0 Å². The van der Waals surface area contributed by atoms with Gasteiger partial charge in [-0.2, -0.15) is 0 Å². The number of aromatic nitrogens is 3. The lowest BCUT2D eigenvalue weighted by molar-refractivity contribution is 0.504. The van der Waals surface area contributed by atoms with Gasteiger partial charge in [0.05, 0.1) is 28.6 Å². The van der Waals surface area contributed by atoms with E-state index in [0.29, 0.717) is 0 Å². The van der Waals surface area contributed by atoms with Crippen LogP contribution in [0, 0.1) is 0 Å². The fourth-order valence-electron chi connectivity index (χ4n) is 7.75. The number of pyridine rings is 1. The fraction of sp³-hybridized carbons (Fsp3) is 0.0625. The van der Waals surface area contributed by atoms with Gasteiger partial charge in [0, 0.05) is 22.6 Å². The fourth-order valence-corrected chi connectivity index (χ4v) is 7.75. The molecule has 2 atom stereocenters. The van der Waals surface area contributed by atoms with E-state index in [1.54, 1.807) is 0 Å². The Bertz CT molecular complexity index is 2690. The Morgan fingerprint density at radius 2 is 1.17 bits per heavy atom. The van der Waals surface area contributed by atoms with E-state index in [1.807, 2.05) is 12.1 Å². The van der Waals surface area contributed by atoms with Crippen LogP contribution in [0.2, 0.25) is 0 Å². The number of hydrogen-bond donors (Lipinski definition) is 1. The van der Waals surface area contributed by atoms with Gasteiger partial charge in [-0.05, 0) is 74.5 Å². The summed E-state index contributed by atoms with van der Waals surface area (Å²) in [5, 5.41) is 10.1. The molecule has 1 aliphatic heterocycles. The summed E-state index contributed by atoms with van der Waals surface area (Å²) in [6, 6.07) is 53.5. The van der Waals surface area contributed by atoms with Crippen molar-refractivity contribution in [3.63, 3.8) is 0 Å². The van der Waals surface area contributed by atoms with Crippen molar-refractivity contribution in [1.29, 1.82) is 0 Å². The van der Waals surface area contributed by atoms with E-state index >= 15 is 0 Å². The molecule has 52 heavy (non-hydrogen) atoms. The predicted molar refractivity (Wildman–Crippen MR) is 215 cm³/mol. The third-order valence-electron chi connectivity index (χ3n) is 10.4. The highest BCUT2D eigenvalue weighted by Crippen LogP contribution is 2.37. The molecular formula is C48H34N4. The van der Waals surface area contributed by atoms with E-state index in [9.17, 15) is 0 Å². The highest BCUT2D eigenvalue weighted by atomic mass is 15.0. The van der Waals surface area contributed by atoms with Crippen molar-refractivity contribution < 1.29 is 0 Å². The minimum atomic E-state index is -0.128. The molecule has 1 aliphatic carbocycles. The molecule has 10 rings (SSSR count). The van der Waals surface area contributed by atoms with Crippen molar-refractivity contribution in [1.82, 2.24) is 20.3 Å². The van der Waals surface area contributed by atoms with Crippen LogP contribution >= 0.6 is 0 Å². The summed E-state index contributed by atoms with van der Waals surface area (Å²) in [4.78, 5) is 15.5. The molecule has 3 heterocycles. The van der Waals surface area contributed by atoms with Crippen LogP contribution in [0.15, 0.2) is 182 Å². The molecular weight excluding hydrogens is 633 g/mol. The summed E-state index contributed by atoms with van der Waals surface area (Å²) >= 11 is 0. The summed E-state index contributed by atoms with van der Waals surface area (Å²) in [7, 11) is 0. The maximum atomic E-state index is 5.26. The summed E-state index contributed by atoms with van der Waals surface area (Å²) < 4.78 is 0. The lowest BCUT2D eigenvalue weighted by atomic mass is 9.87. The van der Waals surface area contributed by atoms with Gasteiger partial charge < -0.3 is 0 Å². The monoisotopic (exact) mass is 666 g/mol. The number of nitrogens with one attached hydrogen (secondary N) is 1. The van der Waals surface area contributed by atoms with Gasteiger partial charge in [0.15, 0.2) is 5.82 Å². The van der Waals surface area contributed by atoms with Gasteiger partial charge in [0.25, 0.3) is 0 Å². The zero-order valence-corrected chi connectivity index (χ0v) is 28.4. The minimum Gasteiger partial charge on any atom is -0.297 e. The van der Waals surface area contributed by atoms with Gasteiger partial charge in [0.2, 0.25) is 0 Å². The van der Waals surface area contributed by atoms with Gasteiger partial charge in [-0.25, -0.2) is 15.0 Å².